The Balaban J connectivity index is 2.03. The van der Waals surface area contributed by atoms with Gasteiger partial charge in [0.25, 0.3) is 0 Å². The Labute approximate surface area is 100 Å². The third-order valence-electron chi connectivity index (χ3n) is 2.19. The minimum Gasteiger partial charge on any atom is -0.360 e. The number of para-hydroxylation sites is 1. The van der Waals surface area contributed by atoms with E-state index in [0.717, 1.165) is 16.3 Å². The predicted molar refractivity (Wildman–Crippen MR) is 70.6 cm³/mol. The first-order valence-electron chi connectivity index (χ1n) is 5.09. The van der Waals surface area contributed by atoms with E-state index in [0.29, 0.717) is 0 Å². The van der Waals surface area contributed by atoms with E-state index in [2.05, 4.69) is 5.32 Å². The van der Waals surface area contributed by atoms with Crippen LogP contribution in [-0.4, -0.2) is 0 Å². The summed E-state index contributed by atoms with van der Waals surface area (Å²) in [7, 11) is 0. The molecule has 0 atom stereocenters. The molecule has 0 unspecified atom stereocenters. The van der Waals surface area contributed by atoms with Gasteiger partial charge in [-0.15, -0.1) is 0 Å². The van der Waals surface area contributed by atoms with Crippen LogP contribution in [0.4, 0.5) is 5.69 Å². The highest BCUT2D eigenvalue weighted by molar-refractivity contribution is 6.33. The summed E-state index contributed by atoms with van der Waals surface area (Å²) in [5, 5.41) is 3.87. The molecule has 16 heavy (non-hydrogen) atoms. The Hall–Kier alpha value is -1.73. The number of hydrogen-bond acceptors (Lipinski definition) is 1. The minimum atomic E-state index is 0.722. The molecular formula is C14H12ClN. The number of anilines is 1. The fraction of sp³-hybridized carbons (Fsp3) is 0. The van der Waals surface area contributed by atoms with Gasteiger partial charge in [0.1, 0.15) is 0 Å². The van der Waals surface area contributed by atoms with Crippen LogP contribution in [0.1, 0.15) is 5.56 Å². The molecule has 0 aliphatic carbocycles. The van der Waals surface area contributed by atoms with Crippen molar-refractivity contribution in [2.75, 3.05) is 5.32 Å². The van der Waals surface area contributed by atoms with Gasteiger partial charge < -0.3 is 5.32 Å². The first kappa shape index (κ1) is 10.8. The van der Waals surface area contributed by atoms with Crippen molar-refractivity contribution in [3.8, 4) is 0 Å². The molecule has 0 aliphatic rings. The van der Waals surface area contributed by atoms with Gasteiger partial charge in [0, 0.05) is 6.20 Å². The Morgan fingerprint density at radius 1 is 0.875 bits per heavy atom. The topological polar surface area (TPSA) is 12.0 Å². The van der Waals surface area contributed by atoms with Crippen LogP contribution in [0.3, 0.4) is 0 Å². The Morgan fingerprint density at radius 3 is 2.31 bits per heavy atom. The third-order valence-corrected chi connectivity index (χ3v) is 2.52. The Bertz CT molecular complexity index is 477. The van der Waals surface area contributed by atoms with E-state index in [4.69, 9.17) is 11.6 Å². The maximum Gasteiger partial charge on any atom is 0.0640 e. The van der Waals surface area contributed by atoms with Gasteiger partial charge in [-0.05, 0) is 23.8 Å². The molecule has 0 saturated carbocycles. The second kappa shape index (κ2) is 5.38. The van der Waals surface area contributed by atoms with E-state index in [9.17, 15) is 0 Å². The van der Waals surface area contributed by atoms with E-state index < -0.39 is 0 Å². The maximum absolute atomic E-state index is 6.01. The van der Waals surface area contributed by atoms with Crippen molar-refractivity contribution >= 4 is 23.4 Å². The molecule has 1 nitrogen and oxygen atoms in total. The molecule has 80 valence electrons. The largest absolute Gasteiger partial charge is 0.360 e. The first-order chi connectivity index (χ1) is 7.86. The average molecular weight is 230 g/mol. The molecule has 2 aromatic rings. The van der Waals surface area contributed by atoms with E-state index in [1.165, 1.54) is 0 Å². The standard InChI is InChI=1S/C14H12ClN/c15-13-8-4-5-9-14(13)16-11-10-12-6-2-1-3-7-12/h1-11,16H. The average Bonchev–Trinajstić information content (AvgIpc) is 2.33. The zero-order valence-electron chi connectivity index (χ0n) is 8.73. The monoisotopic (exact) mass is 229 g/mol. The minimum absolute atomic E-state index is 0.722. The molecule has 0 radical (unpaired) electrons. The zero-order valence-corrected chi connectivity index (χ0v) is 9.48. The van der Waals surface area contributed by atoms with Crippen molar-refractivity contribution in [1.29, 1.82) is 0 Å². The van der Waals surface area contributed by atoms with Crippen LogP contribution in [0.15, 0.2) is 60.8 Å². The summed E-state index contributed by atoms with van der Waals surface area (Å²) in [6.45, 7) is 0. The fourth-order valence-electron chi connectivity index (χ4n) is 1.37. The van der Waals surface area contributed by atoms with Gasteiger partial charge in [-0.2, -0.15) is 0 Å². The summed E-state index contributed by atoms with van der Waals surface area (Å²) >= 11 is 6.01. The van der Waals surface area contributed by atoms with Crippen LogP contribution in [0.2, 0.25) is 5.02 Å². The van der Waals surface area contributed by atoms with Crippen LogP contribution in [0, 0.1) is 0 Å². The van der Waals surface area contributed by atoms with Gasteiger partial charge in [0.2, 0.25) is 0 Å². The molecule has 0 saturated heterocycles. The lowest BCUT2D eigenvalue weighted by Gasteiger charge is -2.02. The fourth-order valence-corrected chi connectivity index (χ4v) is 1.56. The van der Waals surface area contributed by atoms with E-state index >= 15 is 0 Å². The predicted octanol–water partition coefficient (Wildman–Crippen LogP) is 4.42. The Kier molecular flexibility index (Phi) is 3.62. The molecule has 0 aromatic heterocycles. The number of benzene rings is 2. The summed E-state index contributed by atoms with van der Waals surface area (Å²) in [4.78, 5) is 0. The van der Waals surface area contributed by atoms with Crippen LogP contribution in [0.5, 0.6) is 0 Å². The van der Waals surface area contributed by atoms with E-state index in [1.807, 2.05) is 66.9 Å². The van der Waals surface area contributed by atoms with Crippen LogP contribution >= 0.6 is 11.6 Å². The lowest BCUT2D eigenvalue weighted by molar-refractivity contribution is 1.58. The van der Waals surface area contributed by atoms with Gasteiger partial charge in [0.05, 0.1) is 10.7 Å². The third kappa shape index (κ3) is 2.88. The van der Waals surface area contributed by atoms with Crippen LogP contribution in [-0.2, 0) is 0 Å². The van der Waals surface area contributed by atoms with Crippen molar-refractivity contribution in [3.05, 3.63) is 71.4 Å². The van der Waals surface area contributed by atoms with E-state index in [-0.39, 0.29) is 0 Å². The molecular weight excluding hydrogens is 218 g/mol. The lowest BCUT2D eigenvalue weighted by atomic mass is 10.2. The quantitative estimate of drug-likeness (QED) is 0.822. The molecule has 2 aromatic carbocycles. The lowest BCUT2D eigenvalue weighted by Crippen LogP contribution is -1.87. The second-order valence-electron chi connectivity index (χ2n) is 3.37. The number of halogens is 1. The molecule has 2 rings (SSSR count). The number of nitrogens with one attached hydrogen (secondary N) is 1. The zero-order chi connectivity index (χ0) is 11.2. The number of rotatable bonds is 3. The number of hydrogen-bond donors (Lipinski definition) is 1. The molecule has 1 N–H and O–H groups in total. The van der Waals surface area contributed by atoms with Crippen molar-refractivity contribution in [1.82, 2.24) is 0 Å². The summed E-state index contributed by atoms with van der Waals surface area (Å²) in [5.74, 6) is 0. The highest BCUT2D eigenvalue weighted by Gasteiger charge is 1.93. The van der Waals surface area contributed by atoms with Gasteiger partial charge in [-0.25, -0.2) is 0 Å². The summed E-state index contributed by atoms with van der Waals surface area (Å²) < 4.78 is 0. The smallest absolute Gasteiger partial charge is 0.0640 e. The molecule has 0 heterocycles. The van der Waals surface area contributed by atoms with Crippen molar-refractivity contribution in [2.24, 2.45) is 0 Å². The van der Waals surface area contributed by atoms with Crippen LogP contribution in [0.25, 0.3) is 6.08 Å². The van der Waals surface area contributed by atoms with Gasteiger partial charge in [-0.1, -0.05) is 54.1 Å². The normalized spacial score (nSPS) is 10.6. The van der Waals surface area contributed by atoms with E-state index in [1.54, 1.807) is 0 Å². The van der Waals surface area contributed by atoms with Crippen molar-refractivity contribution < 1.29 is 0 Å². The Morgan fingerprint density at radius 2 is 1.56 bits per heavy atom. The molecule has 0 spiro atoms. The SMILES string of the molecule is Clc1ccccc1NC=Cc1ccccc1. The summed E-state index contributed by atoms with van der Waals surface area (Å²) in [6.07, 6.45) is 3.89. The summed E-state index contributed by atoms with van der Waals surface area (Å²) in [6, 6.07) is 17.8. The molecule has 0 aliphatic heterocycles. The second-order valence-corrected chi connectivity index (χ2v) is 3.78. The highest BCUT2D eigenvalue weighted by atomic mass is 35.5. The van der Waals surface area contributed by atoms with Crippen molar-refractivity contribution in [2.45, 2.75) is 0 Å². The maximum atomic E-state index is 6.01. The van der Waals surface area contributed by atoms with Gasteiger partial charge in [-0.3, -0.25) is 0 Å². The molecule has 0 amide bonds. The molecule has 0 fully saturated rings. The van der Waals surface area contributed by atoms with Crippen molar-refractivity contribution in [3.63, 3.8) is 0 Å². The van der Waals surface area contributed by atoms with Gasteiger partial charge >= 0.3 is 0 Å². The molecule has 2 heteroatoms. The summed E-state index contributed by atoms with van der Waals surface area (Å²) in [5.41, 5.74) is 2.07. The first-order valence-corrected chi connectivity index (χ1v) is 5.47. The van der Waals surface area contributed by atoms with Crippen LogP contribution < -0.4 is 5.32 Å². The van der Waals surface area contributed by atoms with Gasteiger partial charge in [0.15, 0.2) is 0 Å². The highest BCUT2D eigenvalue weighted by Crippen LogP contribution is 2.20. The molecule has 0 bridgehead atoms.